The highest BCUT2D eigenvalue weighted by atomic mass is 16.2. The van der Waals surface area contributed by atoms with Crippen molar-refractivity contribution in [1.29, 1.82) is 5.26 Å². The molecule has 0 saturated carbocycles. The third kappa shape index (κ3) is 2.32. The first-order chi connectivity index (χ1) is 9.47. The van der Waals surface area contributed by atoms with Gasteiger partial charge in [-0.25, -0.2) is 0 Å². The van der Waals surface area contributed by atoms with Crippen LogP contribution in [0.1, 0.15) is 49.0 Å². The molecule has 1 aromatic rings. The van der Waals surface area contributed by atoms with E-state index in [-0.39, 0.29) is 23.5 Å². The number of hydrogen-bond donors (Lipinski definition) is 0. The number of amides is 1. The van der Waals surface area contributed by atoms with Crippen LogP contribution in [0.5, 0.6) is 0 Å². The van der Waals surface area contributed by atoms with Crippen LogP contribution in [0, 0.1) is 17.2 Å². The molecule has 0 aromatic heterocycles. The lowest BCUT2D eigenvalue weighted by molar-refractivity contribution is -0.118. The van der Waals surface area contributed by atoms with Gasteiger partial charge in [0.1, 0.15) is 0 Å². The van der Waals surface area contributed by atoms with Crippen molar-refractivity contribution in [3.8, 4) is 6.07 Å². The maximum absolute atomic E-state index is 12.2. The molecule has 1 unspecified atom stereocenters. The van der Waals surface area contributed by atoms with Crippen LogP contribution < -0.4 is 4.90 Å². The molecule has 0 aliphatic carbocycles. The number of nitriles is 1. The molecule has 1 aliphatic rings. The second-order valence-electron chi connectivity index (χ2n) is 5.41. The summed E-state index contributed by atoms with van der Waals surface area (Å²) in [6.07, 6.45) is 0.310. The molecule has 1 heterocycles. The van der Waals surface area contributed by atoms with Gasteiger partial charge in [0.2, 0.25) is 5.91 Å². The van der Waals surface area contributed by atoms with Gasteiger partial charge in [-0.15, -0.1) is 0 Å². The minimum absolute atomic E-state index is 0.00407. The Morgan fingerprint density at radius 3 is 2.75 bits per heavy atom. The summed E-state index contributed by atoms with van der Waals surface area (Å²) in [5.74, 6) is -0.217. The summed E-state index contributed by atoms with van der Waals surface area (Å²) in [4.78, 5) is 25.9. The standard InChI is InChI=1S/C16H18N2O2/c1-10(2)15(19)12-5-6-14-13(9-12)11(3)16(20)18(14)8-4-7-17/h5-6,9-11H,4,8H2,1-3H3. The zero-order chi connectivity index (χ0) is 14.9. The second kappa shape index (κ2) is 5.46. The molecule has 1 amide bonds. The van der Waals surface area contributed by atoms with Crippen LogP contribution in [0.2, 0.25) is 0 Å². The van der Waals surface area contributed by atoms with Gasteiger partial charge >= 0.3 is 0 Å². The zero-order valence-electron chi connectivity index (χ0n) is 12.0. The number of hydrogen-bond acceptors (Lipinski definition) is 3. The third-order valence-corrected chi connectivity index (χ3v) is 3.68. The second-order valence-corrected chi connectivity index (χ2v) is 5.41. The zero-order valence-corrected chi connectivity index (χ0v) is 12.0. The monoisotopic (exact) mass is 270 g/mol. The predicted octanol–water partition coefficient (Wildman–Crippen LogP) is 2.89. The fraction of sp³-hybridized carbons (Fsp3) is 0.438. The molecule has 1 aliphatic heterocycles. The Morgan fingerprint density at radius 1 is 1.45 bits per heavy atom. The molecule has 0 bridgehead atoms. The molecular formula is C16H18N2O2. The van der Waals surface area contributed by atoms with E-state index in [4.69, 9.17) is 5.26 Å². The smallest absolute Gasteiger partial charge is 0.234 e. The maximum atomic E-state index is 12.2. The van der Waals surface area contributed by atoms with Gasteiger partial charge in [0.05, 0.1) is 18.4 Å². The van der Waals surface area contributed by atoms with Gasteiger partial charge in [-0.05, 0) is 30.7 Å². The van der Waals surface area contributed by atoms with Crippen LogP contribution in [-0.4, -0.2) is 18.2 Å². The molecule has 4 heteroatoms. The Bertz CT molecular complexity index is 599. The van der Waals surface area contributed by atoms with Gasteiger partial charge in [-0.1, -0.05) is 13.8 Å². The van der Waals surface area contributed by atoms with Crippen molar-refractivity contribution in [1.82, 2.24) is 0 Å². The van der Waals surface area contributed by atoms with Gasteiger partial charge in [-0.3, -0.25) is 9.59 Å². The molecular weight excluding hydrogens is 252 g/mol. The molecule has 0 fully saturated rings. The summed E-state index contributed by atoms with van der Waals surface area (Å²) in [6.45, 7) is 5.98. The molecule has 0 saturated heterocycles. The number of benzene rings is 1. The minimum atomic E-state index is -0.247. The van der Waals surface area contributed by atoms with Gasteiger partial charge in [0.15, 0.2) is 5.78 Å². The van der Waals surface area contributed by atoms with Crippen molar-refractivity contribution >= 4 is 17.4 Å². The van der Waals surface area contributed by atoms with Crippen molar-refractivity contribution in [3.63, 3.8) is 0 Å². The van der Waals surface area contributed by atoms with Crippen molar-refractivity contribution in [2.75, 3.05) is 11.4 Å². The highest BCUT2D eigenvalue weighted by molar-refractivity contribution is 6.06. The number of carbonyl (C=O) groups is 2. The van der Waals surface area contributed by atoms with Crippen molar-refractivity contribution in [2.45, 2.75) is 33.1 Å². The van der Waals surface area contributed by atoms with Crippen molar-refractivity contribution < 1.29 is 9.59 Å². The van der Waals surface area contributed by atoms with E-state index in [0.717, 1.165) is 11.3 Å². The fourth-order valence-corrected chi connectivity index (χ4v) is 2.51. The predicted molar refractivity (Wildman–Crippen MR) is 76.6 cm³/mol. The number of Topliss-reactive ketones (excluding diaryl/α,β-unsaturated/α-hetero) is 1. The van der Waals surface area contributed by atoms with Crippen LogP contribution in [-0.2, 0) is 4.79 Å². The normalized spacial score (nSPS) is 17.2. The lowest BCUT2D eigenvalue weighted by atomic mass is 9.95. The summed E-state index contributed by atoms with van der Waals surface area (Å²) >= 11 is 0. The molecule has 2 rings (SSSR count). The van der Waals surface area contributed by atoms with E-state index in [1.54, 1.807) is 11.0 Å². The van der Waals surface area contributed by atoms with Crippen LogP contribution in [0.4, 0.5) is 5.69 Å². The van der Waals surface area contributed by atoms with E-state index >= 15 is 0 Å². The van der Waals surface area contributed by atoms with Gasteiger partial charge in [-0.2, -0.15) is 5.26 Å². The molecule has 0 N–H and O–H groups in total. The van der Waals surface area contributed by atoms with Gasteiger partial charge in [0, 0.05) is 23.7 Å². The van der Waals surface area contributed by atoms with Crippen LogP contribution >= 0.6 is 0 Å². The lowest BCUT2D eigenvalue weighted by Gasteiger charge is -2.16. The van der Waals surface area contributed by atoms with E-state index < -0.39 is 0 Å². The maximum Gasteiger partial charge on any atom is 0.234 e. The molecule has 1 atom stereocenters. The molecule has 0 radical (unpaired) electrons. The fourth-order valence-electron chi connectivity index (χ4n) is 2.51. The van der Waals surface area contributed by atoms with E-state index in [9.17, 15) is 9.59 Å². The van der Waals surface area contributed by atoms with Gasteiger partial charge < -0.3 is 4.90 Å². The first-order valence-corrected chi connectivity index (χ1v) is 6.83. The number of ketones is 1. The van der Waals surface area contributed by atoms with Crippen molar-refractivity contribution in [3.05, 3.63) is 29.3 Å². The van der Waals surface area contributed by atoms with Gasteiger partial charge in [0.25, 0.3) is 0 Å². The first-order valence-electron chi connectivity index (χ1n) is 6.83. The molecule has 1 aromatic carbocycles. The van der Waals surface area contributed by atoms with Crippen LogP contribution in [0.25, 0.3) is 0 Å². The summed E-state index contributed by atoms with van der Waals surface area (Å²) in [6, 6.07) is 7.48. The Balaban J connectivity index is 2.38. The Morgan fingerprint density at radius 2 is 2.15 bits per heavy atom. The lowest BCUT2D eigenvalue weighted by Crippen LogP contribution is -2.28. The highest BCUT2D eigenvalue weighted by Gasteiger charge is 2.34. The number of fused-ring (bicyclic) bond motifs is 1. The third-order valence-electron chi connectivity index (χ3n) is 3.68. The molecule has 20 heavy (non-hydrogen) atoms. The van der Waals surface area contributed by atoms with Crippen molar-refractivity contribution in [2.24, 2.45) is 5.92 Å². The Hall–Kier alpha value is -2.15. The number of carbonyl (C=O) groups excluding carboxylic acids is 2. The number of nitrogens with zero attached hydrogens (tertiary/aromatic N) is 2. The SMILES string of the molecule is CC(C)C(=O)c1ccc2c(c1)C(C)C(=O)N2CCC#N. The summed E-state index contributed by atoms with van der Waals surface area (Å²) < 4.78 is 0. The average molecular weight is 270 g/mol. The van der Waals surface area contributed by atoms with E-state index in [2.05, 4.69) is 6.07 Å². The number of rotatable bonds is 4. The average Bonchev–Trinajstić information content (AvgIpc) is 2.68. The first kappa shape index (κ1) is 14.3. The number of anilines is 1. The Kier molecular flexibility index (Phi) is 3.89. The van der Waals surface area contributed by atoms with Crippen LogP contribution in [0.15, 0.2) is 18.2 Å². The van der Waals surface area contributed by atoms with Crippen LogP contribution in [0.3, 0.4) is 0 Å². The largest absolute Gasteiger partial charge is 0.311 e. The molecule has 104 valence electrons. The topological polar surface area (TPSA) is 61.2 Å². The van der Waals surface area contributed by atoms with E-state index in [0.29, 0.717) is 18.5 Å². The molecule has 0 spiro atoms. The minimum Gasteiger partial charge on any atom is -0.311 e. The molecule has 4 nitrogen and oxygen atoms in total. The van der Waals surface area contributed by atoms with E-state index in [1.807, 2.05) is 32.9 Å². The quantitative estimate of drug-likeness (QED) is 0.790. The Labute approximate surface area is 119 Å². The summed E-state index contributed by atoms with van der Waals surface area (Å²) in [7, 11) is 0. The van der Waals surface area contributed by atoms with E-state index in [1.165, 1.54) is 0 Å². The summed E-state index contributed by atoms with van der Waals surface area (Å²) in [5, 5.41) is 8.67. The highest BCUT2D eigenvalue weighted by Crippen LogP contribution is 2.37. The summed E-state index contributed by atoms with van der Waals surface area (Å²) in [5.41, 5.74) is 2.37.